The first-order valence-corrected chi connectivity index (χ1v) is 13.9. The Kier molecular flexibility index (Phi) is 5.50. The molecule has 2 saturated heterocycles. The van der Waals surface area contributed by atoms with Crippen LogP contribution >= 0.6 is 11.6 Å². The maximum Gasteiger partial charge on any atom is 0.251 e. The van der Waals surface area contributed by atoms with Crippen LogP contribution in [0.4, 0.5) is 11.4 Å². The van der Waals surface area contributed by atoms with E-state index in [4.69, 9.17) is 16.3 Å². The van der Waals surface area contributed by atoms with Crippen molar-refractivity contribution in [3.63, 3.8) is 0 Å². The second kappa shape index (κ2) is 8.78. The van der Waals surface area contributed by atoms with E-state index in [-0.39, 0.29) is 23.6 Å². The van der Waals surface area contributed by atoms with Crippen LogP contribution < -0.4 is 15.4 Å². The molecule has 40 heavy (non-hydrogen) atoms. The number of ether oxygens (including phenoxy) is 1. The van der Waals surface area contributed by atoms with E-state index in [1.54, 1.807) is 36.4 Å². The predicted octanol–water partition coefficient (Wildman–Crippen LogP) is 5.23. The van der Waals surface area contributed by atoms with Crippen molar-refractivity contribution in [3.05, 3.63) is 101 Å². The molecule has 202 valence electrons. The lowest BCUT2D eigenvalue weighted by molar-refractivity contribution is -0.137. The number of nitrogens with zero attached hydrogens (tertiary/aromatic N) is 1. The second-order valence-corrected chi connectivity index (χ2v) is 11.3. The summed E-state index contributed by atoms with van der Waals surface area (Å²) in [6.45, 7) is 6.46. The summed E-state index contributed by atoms with van der Waals surface area (Å²) in [5.41, 5.74) is 0.862. The molecule has 3 aromatic carbocycles. The molecule has 0 unspecified atom stereocenters. The molecule has 2 spiro atoms. The van der Waals surface area contributed by atoms with Gasteiger partial charge in [0.05, 0.1) is 11.6 Å². The maximum absolute atomic E-state index is 14.8. The van der Waals surface area contributed by atoms with Crippen molar-refractivity contribution in [2.75, 3.05) is 23.8 Å². The Balaban J connectivity index is 1.53. The molecule has 4 heterocycles. The first-order valence-electron chi connectivity index (χ1n) is 13.5. The molecule has 7 rings (SSSR count). The van der Waals surface area contributed by atoms with Crippen LogP contribution in [0.2, 0.25) is 5.02 Å². The third-order valence-corrected chi connectivity index (χ3v) is 9.64. The first-order chi connectivity index (χ1) is 19.4. The van der Waals surface area contributed by atoms with Gasteiger partial charge < -0.3 is 15.4 Å². The predicted molar refractivity (Wildman–Crippen MR) is 153 cm³/mol. The van der Waals surface area contributed by atoms with Crippen molar-refractivity contribution in [1.82, 2.24) is 4.90 Å². The number of Topliss-reactive ketones (excluding diaryl/α,β-unsaturated/α-hetero) is 1. The van der Waals surface area contributed by atoms with Gasteiger partial charge in [-0.2, -0.15) is 0 Å². The summed E-state index contributed by atoms with van der Waals surface area (Å²) in [5.74, 6) is -1.10. The van der Waals surface area contributed by atoms with Crippen LogP contribution in [0.5, 0.6) is 5.75 Å². The van der Waals surface area contributed by atoms with E-state index >= 15 is 0 Å². The monoisotopic (exact) mass is 553 g/mol. The summed E-state index contributed by atoms with van der Waals surface area (Å²) in [4.78, 5) is 46.0. The number of hydrogen-bond acceptors (Lipinski definition) is 5. The molecular formula is C32H28ClN3O4. The molecule has 8 heteroatoms. The highest BCUT2D eigenvalue weighted by molar-refractivity contribution is 6.32. The molecular weight excluding hydrogens is 526 g/mol. The normalized spacial score (nSPS) is 27.9. The average Bonchev–Trinajstić information content (AvgIpc) is 3.68. The molecule has 3 aromatic rings. The largest absolute Gasteiger partial charge is 0.490 e. The van der Waals surface area contributed by atoms with Crippen molar-refractivity contribution >= 4 is 40.6 Å². The van der Waals surface area contributed by atoms with Crippen LogP contribution in [0.15, 0.2) is 73.3 Å². The zero-order valence-corrected chi connectivity index (χ0v) is 22.8. The number of halogens is 1. The maximum atomic E-state index is 14.8. The summed E-state index contributed by atoms with van der Waals surface area (Å²) in [5, 5.41) is 6.69. The highest BCUT2D eigenvalue weighted by Gasteiger charge is 2.81. The van der Waals surface area contributed by atoms with E-state index in [1.807, 2.05) is 37.3 Å². The fraction of sp³-hybridized carbons (Fsp3) is 0.281. The van der Waals surface area contributed by atoms with Gasteiger partial charge in [0.2, 0.25) is 5.91 Å². The van der Waals surface area contributed by atoms with E-state index in [2.05, 4.69) is 22.1 Å². The molecule has 4 atom stereocenters. The number of para-hydroxylation sites is 1. The van der Waals surface area contributed by atoms with Crippen molar-refractivity contribution in [2.24, 2.45) is 5.92 Å². The Hall–Kier alpha value is -3.94. The average molecular weight is 554 g/mol. The molecule has 4 aliphatic heterocycles. The minimum absolute atomic E-state index is 0.184. The van der Waals surface area contributed by atoms with Gasteiger partial charge in [-0.15, -0.1) is 0 Å². The molecule has 7 nitrogen and oxygen atoms in total. The van der Waals surface area contributed by atoms with Crippen LogP contribution in [0.3, 0.4) is 0 Å². The van der Waals surface area contributed by atoms with Gasteiger partial charge in [-0.3, -0.25) is 19.3 Å². The van der Waals surface area contributed by atoms with Gasteiger partial charge >= 0.3 is 0 Å². The van der Waals surface area contributed by atoms with E-state index in [0.717, 1.165) is 12.0 Å². The van der Waals surface area contributed by atoms with Gasteiger partial charge in [0, 0.05) is 27.9 Å². The number of carbonyl (C=O) groups excluding carboxylic acids is 3. The van der Waals surface area contributed by atoms with Crippen LogP contribution in [0.25, 0.3) is 0 Å². The van der Waals surface area contributed by atoms with Gasteiger partial charge in [0.1, 0.15) is 23.3 Å². The second-order valence-electron chi connectivity index (χ2n) is 10.9. The lowest BCUT2D eigenvalue weighted by Gasteiger charge is -2.43. The topological polar surface area (TPSA) is 87.7 Å². The molecule has 0 aromatic heterocycles. The number of fused-ring (bicyclic) bond motifs is 7. The standard InChI is InChI=1S/C32H28ClN3O4/c1-3-16-40-20-9-6-8-19(17-20)28(37)26-25-12-7-15-36(25)32(22-13-14-23(33)18(2)27(22)35-30(32)39)31(26)21-10-4-5-11-24(21)34-29(31)38/h3-6,8-11,13-14,17,25-26H,1,7,12,15-16H2,2H3,(H,34,38)(H,35,39)/t25-,26-,31+,32-/m0/s1. The summed E-state index contributed by atoms with van der Waals surface area (Å²) < 4.78 is 5.73. The van der Waals surface area contributed by atoms with Gasteiger partial charge in [-0.1, -0.05) is 60.7 Å². The number of anilines is 2. The van der Waals surface area contributed by atoms with Gasteiger partial charge in [-0.25, -0.2) is 0 Å². The van der Waals surface area contributed by atoms with Crippen LogP contribution in [-0.4, -0.2) is 41.7 Å². The zero-order valence-electron chi connectivity index (χ0n) is 22.0. The van der Waals surface area contributed by atoms with Crippen molar-refractivity contribution in [3.8, 4) is 5.75 Å². The van der Waals surface area contributed by atoms with E-state index in [1.165, 1.54) is 0 Å². The number of benzene rings is 3. The fourth-order valence-electron chi connectivity index (χ4n) is 7.84. The third kappa shape index (κ3) is 2.91. The number of carbonyl (C=O) groups is 3. The molecule has 2 fully saturated rings. The molecule has 0 radical (unpaired) electrons. The smallest absolute Gasteiger partial charge is 0.251 e. The van der Waals surface area contributed by atoms with Crippen LogP contribution in [-0.2, 0) is 20.5 Å². The number of nitrogens with one attached hydrogen (secondary N) is 2. The summed E-state index contributed by atoms with van der Waals surface area (Å²) in [6.07, 6.45) is 3.15. The minimum Gasteiger partial charge on any atom is -0.490 e. The molecule has 2 N–H and O–H groups in total. The Morgan fingerprint density at radius 2 is 1.93 bits per heavy atom. The molecule has 4 aliphatic rings. The van der Waals surface area contributed by atoms with Gasteiger partial charge in [-0.05, 0) is 61.7 Å². The number of rotatable bonds is 5. The molecule has 2 amide bonds. The Labute approximate surface area is 237 Å². The SMILES string of the molecule is C=CCOc1cccc(C(=O)[C@@H]2[C@@H]3CCCN3[C@@]3(C(=O)Nc4c3ccc(Cl)c4C)[C@@]23C(=O)Nc2ccccc23)c1. The number of amides is 2. The Morgan fingerprint density at radius 3 is 2.75 bits per heavy atom. The summed E-state index contributed by atoms with van der Waals surface area (Å²) in [6, 6.07) is 17.8. The van der Waals surface area contributed by atoms with Crippen molar-refractivity contribution < 1.29 is 19.1 Å². The van der Waals surface area contributed by atoms with Crippen LogP contribution in [0, 0.1) is 12.8 Å². The van der Waals surface area contributed by atoms with Crippen molar-refractivity contribution in [1.29, 1.82) is 0 Å². The lowest BCUT2D eigenvalue weighted by Crippen LogP contribution is -2.62. The van der Waals surface area contributed by atoms with E-state index < -0.39 is 16.9 Å². The minimum atomic E-state index is -1.50. The van der Waals surface area contributed by atoms with Crippen LogP contribution in [0.1, 0.15) is 39.9 Å². The summed E-state index contributed by atoms with van der Waals surface area (Å²) >= 11 is 6.50. The lowest BCUT2D eigenvalue weighted by atomic mass is 9.57. The van der Waals surface area contributed by atoms with E-state index in [0.29, 0.717) is 58.4 Å². The highest BCUT2D eigenvalue weighted by atomic mass is 35.5. The first kappa shape index (κ1) is 25.1. The Bertz CT molecular complexity index is 1640. The fourth-order valence-corrected chi connectivity index (χ4v) is 8.00. The Morgan fingerprint density at radius 1 is 1.10 bits per heavy atom. The molecule has 0 aliphatic carbocycles. The highest BCUT2D eigenvalue weighted by Crippen LogP contribution is 2.68. The van der Waals surface area contributed by atoms with E-state index in [9.17, 15) is 14.4 Å². The molecule has 0 saturated carbocycles. The zero-order chi connectivity index (χ0) is 27.8. The quantitative estimate of drug-likeness (QED) is 0.334. The van der Waals surface area contributed by atoms with Crippen molar-refractivity contribution in [2.45, 2.75) is 36.8 Å². The number of ketones is 1. The third-order valence-electron chi connectivity index (χ3n) is 9.23. The van der Waals surface area contributed by atoms with Gasteiger partial charge in [0.25, 0.3) is 5.91 Å². The summed E-state index contributed by atoms with van der Waals surface area (Å²) in [7, 11) is 0. The number of hydrogen-bond donors (Lipinski definition) is 2. The molecule has 0 bridgehead atoms. The van der Waals surface area contributed by atoms with Gasteiger partial charge in [0.15, 0.2) is 5.78 Å².